The Kier molecular flexibility index (Phi) is 4.78. The Morgan fingerprint density at radius 3 is 2.41 bits per heavy atom. The number of nitro groups is 1. The van der Waals surface area contributed by atoms with E-state index in [1.165, 1.54) is 56.7 Å². The van der Waals surface area contributed by atoms with Gasteiger partial charge in [0, 0.05) is 18.2 Å². The summed E-state index contributed by atoms with van der Waals surface area (Å²) in [6.07, 6.45) is 7.82. The molecule has 4 bridgehead atoms. The van der Waals surface area contributed by atoms with Gasteiger partial charge in [-0.15, -0.1) is 0 Å². The Morgan fingerprint density at radius 1 is 1.30 bits per heavy atom. The normalized spacial score (nSPS) is 32.1. The average molecular weight is 393 g/mol. The van der Waals surface area contributed by atoms with Gasteiger partial charge in [-0.2, -0.15) is 0 Å². The average Bonchev–Trinajstić information content (AvgIpc) is 2.59. The lowest BCUT2D eigenvalue weighted by Crippen LogP contribution is -2.56. The fourth-order valence-corrected chi connectivity index (χ4v) is 6.24. The minimum atomic E-state index is -0.518. The summed E-state index contributed by atoms with van der Waals surface area (Å²) in [5.41, 5.74) is 0.141. The number of non-ortho nitro benzene ring substituents is 1. The largest absolute Gasteiger partial charge is 0.482 e. The number of hydrogen-bond donors (Lipinski definition) is 1. The quantitative estimate of drug-likeness (QED) is 0.576. The number of halogens is 1. The SMILES string of the molecule is C[C@@H](NC(=O)COc1ccc([N+](=O)[O-])cc1Cl)C12CC3CC(CC(C3)C1)C2. The number of carbonyl (C=O) groups excluding carboxylic acids is 1. The van der Waals surface area contributed by atoms with Crippen molar-refractivity contribution in [2.75, 3.05) is 6.61 Å². The van der Waals surface area contributed by atoms with Crippen molar-refractivity contribution in [1.29, 1.82) is 0 Å². The van der Waals surface area contributed by atoms with Crippen LogP contribution in [0.2, 0.25) is 5.02 Å². The van der Waals surface area contributed by atoms with Crippen LogP contribution in [0.3, 0.4) is 0 Å². The van der Waals surface area contributed by atoms with Gasteiger partial charge in [-0.1, -0.05) is 11.6 Å². The number of rotatable bonds is 6. The van der Waals surface area contributed by atoms with Gasteiger partial charge in [-0.25, -0.2) is 0 Å². The third-order valence-electron chi connectivity index (χ3n) is 6.87. The minimum Gasteiger partial charge on any atom is -0.482 e. The summed E-state index contributed by atoms with van der Waals surface area (Å²) >= 11 is 6.01. The fourth-order valence-electron chi connectivity index (χ4n) is 6.01. The molecule has 1 amide bonds. The third-order valence-corrected chi connectivity index (χ3v) is 7.16. The van der Waals surface area contributed by atoms with Gasteiger partial charge >= 0.3 is 0 Å². The molecule has 1 aromatic rings. The molecule has 5 rings (SSSR count). The van der Waals surface area contributed by atoms with Gasteiger partial charge in [0.1, 0.15) is 5.75 Å². The summed E-state index contributed by atoms with van der Waals surface area (Å²) in [6, 6.07) is 4.11. The van der Waals surface area contributed by atoms with Crippen molar-refractivity contribution < 1.29 is 14.5 Å². The second-order valence-corrected chi connectivity index (χ2v) is 9.14. The van der Waals surface area contributed by atoms with Crippen molar-refractivity contribution in [3.05, 3.63) is 33.3 Å². The fraction of sp³-hybridized carbons (Fsp3) is 0.650. The van der Waals surface area contributed by atoms with Crippen LogP contribution in [0.15, 0.2) is 18.2 Å². The Balaban J connectivity index is 1.34. The van der Waals surface area contributed by atoms with Crippen LogP contribution >= 0.6 is 11.6 Å². The molecule has 6 nitrogen and oxygen atoms in total. The van der Waals surface area contributed by atoms with Crippen LogP contribution < -0.4 is 10.1 Å². The highest BCUT2D eigenvalue weighted by molar-refractivity contribution is 6.32. The molecule has 27 heavy (non-hydrogen) atoms. The van der Waals surface area contributed by atoms with Gasteiger partial charge in [0.15, 0.2) is 6.61 Å². The summed E-state index contributed by atoms with van der Waals surface area (Å²) in [5.74, 6) is 2.62. The summed E-state index contributed by atoms with van der Waals surface area (Å²) in [7, 11) is 0. The maximum absolute atomic E-state index is 12.4. The lowest BCUT2D eigenvalue weighted by molar-refractivity contribution is -0.384. The Bertz CT molecular complexity index is 731. The van der Waals surface area contributed by atoms with Crippen LogP contribution in [-0.2, 0) is 4.79 Å². The van der Waals surface area contributed by atoms with E-state index in [2.05, 4.69) is 12.2 Å². The molecule has 4 aliphatic carbocycles. The van der Waals surface area contributed by atoms with Crippen molar-refractivity contribution in [2.45, 2.75) is 51.5 Å². The number of carbonyl (C=O) groups is 1. The Morgan fingerprint density at radius 2 is 1.89 bits per heavy atom. The lowest BCUT2D eigenvalue weighted by atomic mass is 9.48. The van der Waals surface area contributed by atoms with E-state index in [1.54, 1.807) is 0 Å². The summed E-state index contributed by atoms with van der Waals surface area (Å²) in [4.78, 5) is 22.7. The zero-order valence-electron chi connectivity index (χ0n) is 15.4. The number of hydrogen-bond acceptors (Lipinski definition) is 4. The van der Waals surface area contributed by atoms with E-state index in [0.29, 0.717) is 0 Å². The highest BCUT2D eigenvalue weighted by Crippen LogP contribution is 2.61. The van der Waals surface area contributed by atoms with Gasteiger partial charge in [-0.05, 0) is 74.7 Å². The molecule has 146 valence electrons. The topological polar surface area (TPSA) is 81.5 Å². The molecule has 0 aliphatic heterocycles. The minimum absolute atomic E-state index is 0.104. The standard InChI is InChI=1S/C20H25ClN2O4/c1-12(20-8-13-4-14(9-20)6-15(5-13)10-20)22-19(24)11-27-18-3-2-16(23(25)26)7-17(18)21/h2-3,7,12-15H,4-6,8-11H2,1H3,(H,22,24)/t12-,13?,14?,15?,20?/m1/s1. The van der Waals surface area contributed by atoms with E-state index in [-0.39, 0.29) is 40.4 Å². The molecule has 0 aromatic heterocycles. The van der Waals surface area contributed by atoms with Gasteiger partial charge in [0.05, 0.1) is 9.95 Å². The summed E-state index contributed by atoms with van der Waals surface area (Å²) in [6.45, 7) is 1.98. The van der Waals surface area contributed by atoms with Gasteiger partial charge in [-0.3, -0.25) is 14.9 Å². The maximum atomic E-state index is 12.4. The first-order valence-corrected chi connectivity index (χ1v) is 10.1. The molecule has 0 saturated heterocycles. The number of benzene rings is 1. The zero-order chi connectivity index (χ0) is 19.2. The van der Waals surface area contributed by atoms with Crippen LogP contribution in [0.4, 0.5) is 5.69 Å². The molecule has 0 spiro atoms. The van der Waals surface area contributed by atoms with Crippen molar-refractivity contribution in [2.24, 2.45) is 23.2 Å². The van der Waals surface area contributed by atoms with Crippen LogP contribution in [0, 0.1) is 33.3 Å². The summed E-state index contributed by atoms with van der Waals surface area (Å²) in [5, 5.41) is 14.0. The second kappa shape index (κ2) is 6.97. The molecule has 4 fully saturated rings. The van der Waals surface area contributed by atoms with Crippen LogP contribution in [-0.4, -0.2) is 23.5 Å². The van der Waals surface area contributed by atoms with Crippen LogP contribution in [0.1, 0.15) is 45.4 Å². The monoisotopic (exact) mass is 392 g/mol. The third kappa shape index (κ3) is 3.64. The smallest absolute Gasteiger partial charge is 0.271 e. The first-order valence-electron chi connectivity index (χ1n) is 9.71. The first-order chi connectivity index (χ1) is 12.8. The Labute approximate surface area is 163 Å². The molecule has 4 aliphatic rings. The van der Waals surface area contributed by atoms with Crippen molar-refractivity contribution >= 4 is 23.2 Å². The molecule has 1 atom stereocenters. The number of nitrogens with one attached hydrogen (secondary N) is 1. The number of amides is 1. The van der Waals surface area contributed by atoms with E-state index >= 15 is 0 Å². The summed E-state index contributed by atoms with van der Waals surface area (Å²) < 4.78 is 5.49. The van der Waals surface area contributed by atoms with Crippen molar-refractivity contribution in [3.63, 3.8) is 0 Å². The highest BCUT2D eigenvalue weighted by Gasteiger charge is 2.53. The van der Waals surface area contributed by atoms with Gasteiger partial charge in [0.25, 0.3) is 11.6 Å². The van der Waals surface area contributed by atoms with E-state index in [9.17, 15) is 14.9 Å². The number of ether oxygens (including phenoxy) is 1. The predicted molar refractivity (Wildman–Crippen MR) is 102 cm³/mol. The maximum Gasteiger partial charge on any atom is 0.271 e. The molecular formula is C20H25ClN2O4. The lowest BCUT2D eigenvalue weighted by Gasteiger charge is -2.59. The molecule has 0 radical (unpaired) electrons. The van der Waals surface area contributed by atoms with Crippen molar-refractivity contribution in [3.8, 4) is 5.75 Å². The molecule has 0 unspecified atom stereocenters. The van der Waals surface area contributed by atoms with E-state index < -0.39 is 4.92 Å². The van der Waals surface area contributed by atoms with E-state index in [1.807, 2.05) is 0 Å². The van der Waals surface area contributed by atoms with Gasteiger partial charge < -0.3 is 10.1 Å². The van der Waals surface area contributed by atoms with Crippen LogP contribution in [0.25, 0.3) is 0 Å². The predicted octanol–water partition coefficient (Wildman–Crippen LogP) is 4.35. The first kappa shape index (κ1) is 18.5. The molecule has 4 saturated carbocycles. The molecule has 1 aromatic carbocycles. The van der Waals surface area contributed by atoms with Gasteiger partial charge in [0.2, 0.25) is 0 Å². The number of nitrogens with zero attached hydrogens (tertiary/aromatic N) is 1. The van der Waals surface area contributed by atoms with Crippen molar-refractivity contribution in [1.82, 2.24) is 5.32 Å². The zero-order valence-corrected chi connectivity index (χ0v) is 16.2. The molecular weight excluding hydrogens is 368 g/mol. The number of nitro benzene ring substituents is 1. The molecule has 1 N–H and O–H groups in total. The van der Waals surface area contributed by atoms with Crippen LogP contribution in [0.5, 0.6) is 5.75 Å². The molecule has 0 heterocycles. The Hall–Kier alpha value is -1.82. The highest BCUT2D eigenvalue weighted by atomic mass is 35.5. The molecule has 7 heteroatoms. The second-order valence-electron chi connectivity index (χ2n) is 8.73. The van der Waals surface area contributed by atoms with E-state index in [0.717, 1.165) is 17.8 Å². The van der Waals surface area contributed by atoms with E-state index in [4.69, 9.17) is 16.3 Å².